The predicted molar refractivity (Wildman–Crippen MR) is 106 cm³/mol. The molecule has 0 radical (unpaired) electrons. The van der Waals surface area contributed by atoms with E-state index in [-0.39, 0.29) is 12.3 Å². The average molecular weight is 384 g/mol. The number of rotatable bonds is 9. The number of benzene rings is 2. The fraction of sp³-hybridized carbons (Fsp3) is 0.333. The number of hydrogen-bond acceptors (Lipinski definition) is 5. The molecule has 3 aromatic rings. The topological polar surface area (TPSA) is 82.5 Å². The largest absolute Gasteiger partial charge is 0.490 e. The van der Waals surface area contributed by atoms with Crippen molar-refractivity contribution in [3.63, 3.8) is 0 Å². The molecule has 7 nitrogen and oxygen atoms in total. The lowest BCUT2D eigenvalue weighted by Gasteiger charge is -2.12. The molecule has 0 aliphatic rings. The Morgan fingerprint density at radius 1 is 1.04 bits per heavy atom. The van der Waals surface area contributed by atoms with E-state index in [2.05, 4.69) is 4.98 Å². The molecule has 0 unspecified atom stereocenters. The van der Waals surface area contributed by atoms with E-state index in [1.807, 2.05) is 38.1 Å². The van der Waals surface area contributed by atoms with E-state index >= 15 is 0 Å². The van der Waals surface area contributed by atoms with Crippen molar-refractivity contribution in [2.45, 2.75) is 26.8 Å². The predicted octanol–water partition coefficient (Wildman–Crippen LogP) is 3.37. The zero-order chi connectivity index (χ0) is 19.9. The molecule has 1 heterocycles. The number of aromatic amines is 1. The number of carbonyl (C=O) groups excluding carboxylic acids is 1. The molecule has 1 aromatic heterocycles. The number of hydrogen-bond donors (Lipinski definition) is 1. The van der Waals surface area contributed by atoms with E-state index in [0.717, 1.165) is 11.0 Å². The lowest BCUT2D eigenvalue weighted by Crippen LogP contribution is -2.18. The van der Waals surface area contributed by atoms with E-state index in [1.54, 1.807) is 22.8 Å². The van der Waals surface area contributed by atoms with E-state index < -0.39 is 5.97 Å². The molecule has 0 fully saturated rings. The molecule has 1 N–H and O–H groups in total. The summed E-state index contributed by atoms with van der Waals surface area (Å²) < 4.78 is 18.0. The van der Waals surface area contributed by atoms with Crippen molar-refractivity contribution >= 4 is 17.0 Å². The fourth-order valence-electron chi connectivity index (χ4n) is 2.98. The summed E-state index contributed by atoms with van der Waals surface area (Å²) >= 11 is 0. The molecule has 0 aliphatic carbocycles. The van der Waals surface area contributed by atoms with Crippen molar-refractivity contribution in [1.29, 1.82) is 0 Å². The number of nitrogens with zero attached hydrogens (tertiary/aromatic N) is 1. The molecule has 0 spiro atoms. The van der Waals surface area contributed by atoms with E-state index in [4.69, 9.17) is 14.2 Å². The van der Waals surface area contributed by atoms with Gasteiger partial charge in [-0.05, 0) is 50.6 Å². The van der Waals surface area contributed by atoms with Crippen LogP contribution in [0.15, 0.2) is 47.3 Å². The van der Waals surface area contributed by atoms with Crippen LogP contribution in [-0.2, 0) is 11.3 Å². The van der Waals surface area contributed by atoms with Crippen LogP contribution in [0.4, 0.5) is 0 Å². The summed E-state index contributed by atoms with van der Waals surface area (Å²) in [6, 6.07) is 12.5. The highest BCUT2D eigenvalue weighted by Crippen LogP contribution is 2.28. The van der Waals surface area contributed by atoms with Gasteiger partial charge in [-0.15, -0.1) is 0 Å². The molecule has 2 aromatic carbocycles. The summed E-state index contributed by atoms with van der Waals surface area (Å²) in [4.78, 5) is 27.2. The third-order valence-corrected chi connectivity index (χ3v) is 4.22. The maximum Gasteiger partial charge on any atom is 0.338 e. The number of aromatic nitrogens is 2. The van der Waals surface area contributed by atoms with Crippen LogP contribution in [-0.4, -0.2) is 35.3 Å². The Kier molecular flexibility index (Phi) is 6.37. The van der Waals surface area contributed by atoms with Gasteiger partial charge in [-0.1, -0.05) is 12.1 Å². The summed E-state index contributed by atoms with van der Waals surface area (Å²) in [6.45, 7) is 5.41. The molecular weight excluding hydrogens is 360 g/mol. The van der Waals surface area contributed by atoms with Crippen molar-refractivity contribution in [1.82, 2.24) is 9.55 Å². The van der Waals surface area contributed by atoms with Crippen LogP contribution in [0, 0.1) is 0 Å². The van der Waals surface area contributed by atoms with Gasteiger partial charge < -0.3 is 19.2 Å². The van der Waals surface area contributed by atoms with Gasteiger partial charge in [-0.2, -0.15) is 0 Å². The highest BCUT2D eigenvalue weighted by atomic mass is 16.5. The molecule has 0 saturated heterocycles. The summed E-state index contributed by atoms with van der Waals surface area (Å²) in [7, 11) is 0. The first-order valence-electron chi connectivity index (χ1n) is 9.38. The van der Waals surface area contributed by atoms with Gasteiger partial charge in [-0.25, -0.2) is 9.59 Å². The second kappa shape index (κ2) is 9.12. The smallest absolute Gasteiger partial charge is 0.338 e. The van der Waals surface area contributed by atoms with Crippen LogP contribution in [0.1, 0.15) is 30.6 Å². The molecule has 0 aliphatic heterocycles. The molecule has 7 heteroatoms. The highest BCUT2D eigenvalue weighted by molar-refractivity contribution is 5.90. The van der Waals surface area contributed by atoms with Crippen LogP contribution in [0.25, 0.3) is 11.0 Å². The zero-order valence-electron chi connectivity index (χ0n) is 16.1. The van der Waals surface area contributed by atoms with Crippen molar-refractivity contribution in [3.8, 4) is 11.5 Å². The monoisotopic (exact) mass is 384 g/mol. The summed E-state index contributed by atoms with van der Waals surface area (Å²) in [5, 5.41) is 0. The zero-order valence-corrected chi connectivity index (χ0v) is 16.1. The highest BCUT2D eigenvalue weighted by Gasteiger charge is 2.13. The average Bonchev–Trinajstić information content (AvgIpc) is 3.02. The minimum absolute atomic E-state index is 0.166. The number of H-pyrrole nitrogens is 1. The van der Waals surface area contributed by atoms with E-state index in [0.29, 0.717) is 43.2 Å². The Hall–Kier alpha value is -3.22. The molecule has 0 bridgehead atoms. The second-order valence-corrected chi connectivity index (χ2v) is 6.12. The van der Waals surface area contributed by atoms with Gasteiger partial charge in [0.05, 0.1) is 36.4 Å². The maximum absolute atomic E-state index is 12.3. The lowest BCUT2D eigenvalue weighted by atomic mass is 10.2. The molecule has 0 atom stereocenters. The Morgan fingerprint density at radius 3 is 2.57 bits per heavy atom. The van der Waals surface area contributed by atoms with Gasteiger partial charge >= 0.3 is 11.7 Å². The molecule has 28 heavy (non-hydrogen) atoms. The number of carbonyl (C=O) groups is 1. The second-order valence-electron chi connectivity index (χ2n) is 6.12. The van der Waals surface area contributed by atoms with Crippen LogP contribution < -0.4 is 15.2 Å². The molecule has 148 valence electrons. The summed E-state index contributed by atoms with van der Waals surface area (Å²) in [6.07, 6.45) is 0.531. The summed E-state index contributed by atoms with van der Waals surface area (Å²) in [5.41, 5.74) is 1.87. The molecular formula is C21H24N2O5. The third kappa shape index (κ3) is 4.36. The van der Waals surface area contributed by atoms with Crippen molar-refractivity contribution in [2.75, 3.05) is 19.8 Å². The van der Waals surface area contributed by atoms with Gasteiger partial charge in [0.1, 0.15) is 0 Å². The van der Waals surface area contributed by atoms with Crippen LogP contribution >= 0.6 is 0 Å². The van der Waals surface area contributed by atoms with E-state index in [1.165, 1.54) is 0 Å². The first-order chi connectivity index (χ1) is 13.6. The summed E-state index contributed by atoms with van der Waals surface area (Å²) in [5.74, 6) is 0.680. The number of aryl methyl sites for hydroxylation is 1. The maximum atomic E-state index is 12.3. The Morgan fingerprint density at radius 2 is 1.79 bits per heavy atom. The molecule has 0 amide bonds. The third-order valence-electron chi connectivity index (χ3n) is 4.22. The number of imidazole rings is 1. The number of esters is 1. The van der Waals surface area contributed by atoms with Crippen LogP contribution in [0.3, 0.4) is 0 Å². The number of para-hydroxylation sites is 2. The number of nitrogens with one attached hydrogen (secondary N) is 1. The normalized spacial score (nSPS) is 10.8. The first-order valence-corrected chi connectivity index (χ1v) is 9.38. The van der Waals surface area contributed by atoms with Gasteiger partial charge in [0, 0.05) is 6.54 Å². The van der Waals surface area contributed by atoms with Crippen LogP contribution in [0.2, 0.25) is 0 Å². The first kappa shape index (κ1) is 19.5. The lowest BCUT2D eigenvalue weighted by molar-refractivity contribution is 0.0495. The van der Waals surface area contributed by atoms with Gasteiger partial charge in [0.25, 0.3) is 0 Å². The van der Waals surface area contributed by atoms with Crippen molar-refractivity contribution in [3.05, 3.63) is 58.5 Å². The van der Waals surface area contributed by atoms with Gasteiger partial charge in [-0.3, -0.25) is 4.57 Å². The molecule has 3 rings (SSSR count). The Bertz CT molecular complexity index is 1010. The molecule has 0 saturated carbocycles. The number of ether oxygens (including phenoxy) is 3. The minimum Gasteiger partial charge on any atom is -0.490 e. The van der Waals surface area contributed by atoms with Gasteiger partial charge in [0.15, 0.2) is 11.5 Å². The van der Waals surface area contributed by atoms with Gasteiger partial charge in [0.2, 0.25) is 0 Å². The van der Waals surface area contributed by atoms with Crippen LogP contribution in [0.5, 0.6) is 11.5 Å². The Balaban J connectivity index is 1.59. The van der Waals surface area contributed by atoms with Crippen molar-refractivity contribution < 1.29 is 19.0 Å². The van der Waals surface area contributed by atoms with E-state index in [9.17, 15) is 9.59 Å². The number of fused-ring (bicyclic) bond motifs is 1. The van der Waals surface area contributed by atoms with Crippen molar-refractivity contribution in [2.24, 2.45) is 0 Å². The Labute approximate surface area is 162 Å². The standard InChI is InChI=1S/C21H24N2O5/c1-3-26-18-11-10-15(14-19(18)27-4-2)20(24)28-13-7-12-23-17-9-6-5-8-16(17)22-21(23)25/h5-6,8-11,14H,3-4,7,12-13H2,1-2H3,(H,22,25). The quantitative estimate of drug-likeness (QED) is 0.452. The fourth-order valence-corrected chi connectivity index (χ4v) is 2.98. The minimum atomic E-state index is -0.435. The SMILES string of the molecule is CCOc1ccc(C(=O)OCCCn2c(=O)[nH]c3ccccc32)cc1OCC.